The molecule has 0 aromatic rings. The molecular weight excluding hydrogens is 611 g/mol. The Balaban J connectivity index is 1.17. The third-order valence-electron chi connectivity index (χ3n) is 8.93. The molecule has 3 aliphatic heterocycles. The first kappa shape index (κ1) is 33.2. The lowest BCUT2D eigenvalue weighted by molar-refractivity contribution is 0.0862. The summed E-state index contributed by atoms with van der Waals surface area (Å²) < 4.78 is 0. The smallest absolute Gasteiger partial charge is 0.107 e. The summed E-state index contributed by atoms with van der Waals surface area (Å²) in [6.07, 6.45) is 11.2. The van der Waals surface area contributed by atoms with Crippen molar-refractivity contribution in [3.05, 3.63) is 22.0 Å². The maximum absolute atomic E-state index is 10.8. The van der Waals surface area contributed by atoms with Crippen LogP contribution in [0.3, 0.4) is 0 Å². The summed E-state index contributed by atoms with van der Waals surface area (Å²) in [4.78, 5) is 8.79. The van der Waals surface area contributed by atoms with E-state index in [9.17, 15) is 10.2 Å². The van der Waals surface area contributed by atoms with Crippen molar-refractivity contribution in [3.8, 4) is 0 Å². The molecule has 2 saturated heterocycles. The van der Waals surface area contributed by atoms with Gasteiger partial charge in [-0.2, -0.15) is 0 Å². The number of aliphatic hydroxyl groups excluding tert-OH is 2. The summed E-state index contributed by atoms with van der Waals surface area (Å²) in [6.45, 7) is 9.79. The van der Waals surface area contributed by atoms with E-state index in [0.717, 1.165) is 76.3 Å². The third-order valence-corrected chi connectivity index (χ3v) is 13.1. The van der Waals surface area contributed by atoms with E-state index in [1.165, 1.54) is 9.81 Å². The average Bonchev–Trinajstić information content (AvgIpc) is 3.55. The molecule has 4 rings (SSSR count). The SMILES string of the molecule is CC(C)(CCC(O)CCC(O)CCC(C)(C)CN1C(=S)C=C2SCCC2C1=S)CC1C(=S)C=C2SCCC2C1=S. The number of rotatable bonds is 13. The minimum atomic E-state index is -0.415. The zero-order valence-corrected chi connectivity index (χ0v) is 29.2. The molecule has 0 aromatic heterocycles. The second-order valence-electron chi connectivity index (χ2n) is 13.6. The molecule has 40 heavy (non-hydrogen) atoms. The van der Waals surface area contributed by atoms with Gasteiger partial charge in [-0.15, -0.1) is 23.5 Å². The van der Waals surface area contributed by atoms with Crippen LogP contribution < -0.4 is 0 Å². The van der Waals surface area contributed by atoms with Gasteiger partial charge in [0.2, 0.25) is 0 Å². The molecule has 0 spiro atoms. The third kappa shape index (κ3) is 8.46. The molecule has 0 saturated carbocycles. The molecule has 2 N–H and O–H groups in total. The van der Waals surface area contributed by atoms with Crippen LogP contribution in [-0.4, -0.2) is 65.1 Å². The summed E-state index contributed by atoms with van der Waals surface area (Å²) >= 11 is 27.0. The minimum absolute atomic E-state index is 0.0256. The quantitative estimate of drug-likeness (QED) is 0.192. The van der Waals surface area contributed by atoms with Gasteiger partial charge < -0.3 is 15.1 Å². The van der Waals surface area contributed by atoms with Crippen LogP contribution in [0.1, 0.15) is 85.5 Å². The summed E-state index contributed by atoms with van der Waals surface area (Å²) in [5.41, 5.74) is 0.0183. The maximum atomic E-state index is 10.8. The van der Waals surface area contributed by atoms with Crippen molar-refractivity contribution in [1.82, 2.24) is 4.90 Å². The van der Waals surface area contributed by atoms with Gasteiger partial charge in [0.1, 0.15) is 4.99 Å². The molecule has 5 unspecified atom stereocenters. The lowest BCUT2D eigenvalue weighted by Gasteiger charge is -2.38. The topological polar surface area (TPSA) is 43.7 Å². The van der Waals surface area contributed by atoms with E-state index in [0.29, 0.717) is 31.1 Å². The number of allylic oxidation sites excluding steroid dienone is 2. The highest BCUT2D eigenvalue weighted by molar-refractivity contribution is 8.03. The predicted octanol–water partition coefficient (Wildman–Crippen LogP) is 8.11. The number of thioether (sulfide) groups is 2. The van der Waals surface area contributed by atoms with E-state index >= 15 is 0 Å². The summed E-state index contributed by atoms with van der Waals surface area (Å²) in [6, 6.07) is 0. The molecule has 3 nitrogen and oxygen atoms in total. The number of hydrogen-bond donors (Lipinski definition) is 2. The van der Waals surface area contributed by atoms with Crippen molar-refractivity contribution in [2.24, 2.45) is 28.6 Å². The number of nitrogens with zero attached hydrogens (tertiary/aromatic N) is 1. The second kappa shape index (κ2) is 13.9. The van der Waals surface area contributed by atoms with E-state index in [1.54, 1.807) is 0 Å². The Morgan fingerprint density at radius 2 is 1.38 bits per heavy atom. The number of fused-ring (bicyclic) bond motifs is 2. The Morgan fingerprint density at radius 3 is 2.00 bits per heavy atom. The predicted molar refractivity (Wildman–Crippen MR) is 190 cm³/mol. The number of aliphatic hydroxyl groups is 2. The number of hydrogen-bond acceptors (Lipinski definition) is 8. The van der Waals surface area contributed by atoms with E-state index < -0.39 is 12.2 Å². The fraction of sp³-hybridized carbons (Fsp3) is 0.742. The van der Waals surface area contributed by atoms with Crippen LogP contribution in [0.5, 0.6) is 0 Å². The van der Waals surface area contributed by atoms with Gasteiger partial charge in [-0.3, -0.25) is 0 Å². The largest absolute Gasteiger partial charge is 0.393 e. The van der Waals surface area contributed by atoms with Gasteiger partial charge in [-0.05, 0) is 102 Å². The van der Waals surface area contributed by atoms with E-state index in [1.807, 2.05) is 23.5 Å². The maximum Gasteiger partial charge on any atom is 0.107 e. The van der Waals surface area contributed by atoms with Crippen molar-refractivity contribution >= 4 is 92.1 Å². The Hall–Kier alpha value is 0.260. The Bertz CT molecular complexity index is 996. The summed E-state index contributed by atoms with van der Waals surface area (Å²) in [5, 5.41) is 21.5. The van der Waals surface area contributed by atoms with Gasteiger partial charge in [0.05, 0.1) is 17.2 Å². The Labute approximate surface area is 271 Å². The first-order valence-electron chi connectivity index (χ1n) is 14.7. The van der Waals surface area contributed by atoms with E-state index in [2.05, 4.69) is 44.7 Å². The van der Waals surface area contributed by atoms with Crippen molar-refractivity contribution in [2.45, 2.75) is 97.7 Å². The highest BCUT2D eigenvalue weighted by atomic mass is 32.2. The van der Waals surface area contributed by atoms with Gasteiger partial charge in [0, 0.05) is 34.0 Å². The van der Waals surface area contributed by atoms with Crippen molar-refractivity contribution in [1.29, 1.82) is 0 Å². The summed E-state index contributed by atoms with van der Waals surface area (Å²) in [7, 11) is 0. The van der Waals surface area contributed by atoms with Crippen molar-refractivity contribution in [2.75, 3.05) is 18.1 Å². The van der Waals surface area contributed by atoms with E-state index in [-0.39, 0.29) is 16.7 Å². The van der Waals surface area contributed by atoms with Crippen molar-refractivity contribution < 1.29 is 10.2 Å². The molecule has 222 valence electrons. The molecule has 0 bridgehead atoms. The molecule has 0 aromatic carbocycles. The van der Waals surface area contributed by atoms with Crippen LogP contribution in [-0.2, 0) is 0 Å². The van der Waals surface area contributed by atoms with Gasteiger partial charge in [-0.25, -0.2) is 0 Å². The molecular formula is C31H45NO2S6. The molecule has 4 aliphatic rings. The highest BCUT2D eigenvalue weighted by Crippen LogP contribution is 2.45. The first-order valence-corrected chi connectivity index (χ1v) is 18.3. The molecule has 9 heteroatoms. The van der Waals surface area contributed by atoms with Gasteiger partial charge in [0.25, 0.3) is 0 Å². The zero-order valence-electron chi connectivity index (χ0n) is 24.3. The molecule has 0 amide bonds. The molecule has 3 heterocycles. The molecule has 2 fully saturated rings. The van der Waals surface area contributed by atoms with E-state index in [4.69, 9.17) is 48.9 Å². The zero-order chi connectivity index (χ0) is 29.2. The summed E-state index contributed by atoms with van der Waals surface area (Å²) in [5.74, 6) is 3.23. The van der Waals surface area contributed by atoms with Crippen molar-refractivity contribution in [3.63, 3.8) is 0 Å². The molecule has 0 radical (unpaired) electrons. The van der Waals surface area contributed by atoms with Crippen LogP contribution in [0, 0.1) is 28.6 Å². The number of thiocarbonyl (C=S) groups is 4. The van der Waals surface area contributed by atoms with Crippen LogP contribution in [0.2, 0.25) is 0 Å². The normalized spacial score (nSPS) is 26.9. The highest BCUT2D eigenvalue weighted by Gasteiger charge is 2.39. The fourth-order valence-corrected chi connectivity index (χ4v) is 10.7. The van der Waals surface area contributed by atoms with Gasteiger partial charge >= 0.3 is 0 Å². The van der Waals surface area contributed by atoms with Gasteiger partial charge in [-0.1, -0.05) is 76.6 Å². The van der Waals surface area contributed by atoms with Crippen LogP contribution in [0.25, 0.3) is 0 Å². The van der Waals surface area contributed by atoms with Crippen LogP contribution in [0.15, 0.2) is 22.0 Å². The fourth-order valence-electron chi connectivity index (χ4n) is 6.31. The van der Waals surface area contributed by atoms with Crippen LogP contribution in [0.4, 0.5) is 0 Å². The lowest BCUT2D eigenvalue weighted by Crippen LogP contribution is -2.45. The Morgan fingerprint density at radius 1 is 0.825 bits per heavy atom. The average molecular weight is 656 g/mol. The first-order chi connectivity index (χ1) is 18.8. The van der Waals surface area contributed by atoms with Crippen LogP contribution >= 0.6 is 72.4 Å². The lowest BCUT2D eigenvalue weighted by atomic mass is 9.72. The standard InChI is InChI=1S/C31H45NO2S6/c1-30(2,17-23-24(35)15-25-21(28(23)37)9-13-39-25)11-7-19(33)5-6-20(34)8-12-31(3,4)18-32-27(36)16-26-22(29(32)38)10-14-40-26/h15-16,19-23,33-34H,5-14,17-18H2,1-4H3. The monoisotopic (exact) mass is 655 g/mol. The van der Waals surface area contributed by atoms with Gasteiger partial charge in [0.15, 0.2) is 0 Å². The molecule has 1 aliphatic carbocycles. The minimum Gasteiger partial charge on any atom is -0.393 e. The Kier molecular flexibility index (Phi) is 11.5. The second-order valence-corrected chi connectivity index (χ2v) is 17.7. The molecule has 5 atom stereocenters.